The Morgan fingerprint density at radius 1 is 1.78 bits per heavy atom. The van der Waals surface area contributed by atoms with Crippen LogP contribution in [0.25, 0.3) is 0 Å². The Kier molecular flexibility index (Phi) is 3.94. The van der Waals surface area contributed by atoms with Crippen molar-refractivity contribution < 1.29 is 9.18 Å². The summed E-state index contributed by atoms with van der Waals surface area (Å²) in [6.07, 6.45) is 0.599. The van der Waals surface area contributed by atoms with Crippen molar-refractivity contribution in [2.75, 3.05) is 13.2 Å². The van der Waals surface area contributed by atoms with Crippen molar-refractivity contribution >= 4 is 17.2 Å². The Bertz CT molecular complexity index is 456. The molecule has 2 rings (SSSR count). The van der Waals surface area contributed by atoms with Gasteiger partial charge in [-0.1, -0.05) is 6.07 Å². The van der Waals surface area contributed by atoms with Crippen LogP contribution < -0.4 is 5.73 Å². The third kappa shape index (κ3) is 2.37. The smallest absolute Gasteiger partial charge is 0.243 e. The van der Waals surface area contributed by atoms with E-state index in [0.29, 0.717) is 13.0 Å². The average molecular weight is 267 g/mol. The first-order chi connectivity index (χ1) is 8.67. The van der Waals surface area contributed by atoms with Crippen molar-refractivity contribution in [3.05, 3.63) is 22.4 Å². The summed E-state index contributed by atoms with van der Waals surface area (Å²) in [5.74, 6) is -0.312. The van der Waals surface area contributed by atoms with E-state index in [0.717, 1.165) is 4.88 Å². The first-order valence-electron chi connectivity index (χ1n) is 5.72. The van der Waals surface area contributed by atoms with Crippen molar-refractivity contribution in [2.24, 2.45) is 5.73 Å². The molecule has 0 spiro atoms. The van der Waals surface area contributed by atoms with Gasteiger partial charge < -0.3 is 10.6 Å². The molecule has 0 aliphatic carbocycles. The van der Waals surface area contributed by atoms with Crippen LogP contribution in [-0.4, -0.2) is 36.1 Å². The zero-order valence-electron chi connectivity index (χ0n) is 9.75. The standard InChI is InChI=1S/C12H14FN3OS/c13-5-10(15)12(17)16-7-8(4-9(16)6-14)11-2-1-3-18-11/h1-3,8-10H,4-5,7,15H2/t8-,9-,10-/m0/s1. The second kappa shape index (κ2) is 5.46. The summed E-state index contributed by atoms with van der Waals surface area (Å²) in [5, 5.41) is 11.0. The quantitative estimate of drug-likeness (QED) is 0.896. The van der Waals surface area contributed by atoms with E-state index in [4.69, 9.17) is 11.0 Å². The summed E-state index contributed by atoms with van der Waals surface area (Å²) in [6.45, 7) is -0.442. The van der Waals surface area contributed by atoms with Gasteiger partial charge >= 0.3 is 0 Å². The maximum absolute atomic E-state index is 12.4. The number of amides is 1. The minimum Gasteiger partial charge on any atom is -0.325 e. The van der Waals surface area contributed by atoms with Gasteiger partial charge in [-0.25, -0.2) is 4.39 Å². The molecule has 3 atom stereocenters. The van der Waals surface area contributed by atoms with Crippen LogP contribution in [0.3, 0.4) is 0 Å². The molecular weight excluding hydrogens is 253 g/mol. The van der Waals surface area contributed by atoms with Gasteiger partial charge in [0.2, 0.25) is 5.91 Å². The van der Waals surface area contributed by atoms with Gasteiger partial charge in [0.25, 0.3) is 0 Å². The van der Waals surface area contributed by atoms with Crippen LogP contribution in [0.2, 0.25) is 0 Å². The highest BCUT2D eigenvalue weighted by molar-refractivity contribution is 7.10. The topological polar surface area (TPSA) is 70.1 Å². The van der Waals surface area contributed by atoms with Crippen molar-refractivity contribution in [3.63, 3.8) is 0 Å². The van der Waals surface area contributed by atoms with Crippen LogP contribution in [0.15, 0.2) is 17.5 Å². The lowest BCUT2D eigenvalue weighted by molar-refractivity contribution is -0.132. The van der Waals surface area contributed by atoms with E-state index in [1.165, 1.54) is 4.90 Å². The summed E-state index contributed by atoms with van der Waals surface area (Å²) in [4.78, 5) is 14.4. The average Bonchev–Trinajstić information content (AvgIpc) is 3.04. The first-order valence-corrected chi connectivity index (χ1v) is 6.60. The van der Waals surface area contributed by atoms with E-state index in [-0.39, 0.29) is 5.92 Å². The lowest BCUT2D eigenvalue weighted by Crippen LogP contribution is -2.46. The maximum atomic E-state index is 12.4. The molecule has 0 radical (unpaired) electrons. The summed E-state index contributed by atoms with van der Waals surface area (Å²) in [6, 6.07) is 4.39. The predicted molar refractivity (Wildman–Crippen MR) is 66.7 cm³/mol. The van der Waals surface area contributed by atoms with Gasteiger partial charge in [-0.3, -0.25) is 4.79 Å². The predicted octanol–water partition coefficient (Wildman–Crippen LogP) is 1.25. The summed E-state index contributed by atoms with van der Waals surface area (Å²) in [5.41, 5.74) is 5.40. The third-order valence-electron chi connectivity index (χ3n) is 3.16. The number of nitrogens with zero attached hydrogens (tertiary/aromatic N) is 2. The van der Waals surface area contributed by atoms with Gasteiger partial charge in [0.05, 0.1) is 6.07 Å². The van der Waals surface area contributed by atoms with Gasteiger partial charge in [0.15, 0.2) is 0 Å². The van der Waals surface area contributed by atoms with E-state index in [1.807, 2.05) is 17.5 Å². The fraction of sp³-hybridized carbons (Fsp3) is 0.500. The minimum atomic E-state index is -1.15. The highest BCUT2D eigenvalue weighted by Gasteiger charge is 2.38. The molecule has 1 fully saturated rings. The molecule has 18 heavy (non-hydrogen) atoms. The fourth-order valence-corrected chi connectivity index (χ4v) is 3.05. The fourth-order valence-electron chi connectivity index (χ4n) is 2.21. The molecule has 1 saturated heterocycles. The van der Waals surface area contributed by atoms with Gasteiger partial charge in [-0.2, -0.15) is 5.26 Å². The Labute approximate surface area is 109 Å². The Balaban J connectivity index is 2.12. The second-order valence-electron chi connectivity index (χ2n) is 4.34. The van der Waals surface area contributed by atoms with E-state index < -0.39 is 24.7 Å². The SMILES string of the molecule is N#C[C@@H]1C[C@H](c2cccs2)CN1C(=O)[C@@H](N)CF. The molecule has 6 heteroatoms. The largest absolute Gasteiger partial charge is 0.325 e. The number of thiophene rings is 1. The van der Waals surface area contributed by atoms with E-state index in [9.17, 15) is 9.18 Å². The van der Waals surface area contributed by atoms with Gasteiger partial charge in [-0.05, 0) is 17.9 Å². The highest BCUT2D eigenvalue weighted by Crippen LogP contribution is 2.34. The Morgan fingerprint density at radius 2 is 2.56 bits per heavy atom. The number of hydrogen-bond donors (Lipinski definition) is 1. The molecule has 1 aliphatic rings. The minimum absolute atomic E-state index is 0.158. The van der Waals surface area contributed by atoms with Gasteiger partial charge in [0.1, 0.15) is 18.8 Å². The van der Waals surface area contributed by atoms with Crippen LogP contribution in [0, 0.1) is 11.3 Å². The molecule has 1 amide bonds. The number of hydrogen-bond acceptors (Lipinski definition) is 4. The number of nitrogens with two attached hydrogens (primary N) is 1. The number of likely N-dealkylation sites (tertiary alicyclic amines) is 1. The zero-order chi connectivity index (χ0) is 13.1. The lowest BCUT2D eigenvalue weighted by atomic mass is 10.0. The number of carbonyl (C=O) groups excluding carboxylic acids is 1. The molecule has 2 N–H and O–H groups in total. The number of halogens is 1. The van der Waals surface area contributed by atoms with Crippen molar-refractivity contribution in [2.45, 2.75) is 24.4 Å². The summed E-state index contributed by atoms with van der Waals surface area (Å²) >= 11 is 1.61. The molecule has 1 aliphatic heterocycles. The number of rotatable bonds is 3. The van der Waals surface area contributed by atoms with Gasteiger partial charge in [-0.15, -0.1) is 11.3 Å². The van der Waals surface area contributed by atoms with Crippen molar-refractivity contribution in [1.29, 1.82) is 5.26 Å². The van der Waals surface area contributed by atoms with Crippen molar-refractivity contribution in [3.8, 4) is 6.07 Å². The molecule has 96 valence electrons. The molecule has 4 nitrogen and oxygen atoms in total. The zero-order valence-corrected chi connectivity index (χ0v) is 10.6. The first kappa shape index (κ1) is 13.0. The molecular formula is C12H14FN3OS. The molecule has 2 heterocycles. The highest BCUT2D eigenvalue weighted by atomic mass is 32.1. The molecule has 0 bridgehead atoms. The number of alkyl halides is 1. The molecule has 1 aromatic heterocycles. The lowest BCUT2D eigenvalue weighted by Gasteiger charge is -2.22. The van der Waals surface area contributed by atoms with Crippen LogP contribution in [0.5, 0.6) is 0 Å². The summed E-state index contributed by atoms with van der Waals surface area (Å²) in [7, 11) is 0. The van der Waals surface area contributed by atoms with Crippen LogP contribution in [-0.2, 0) is 4.79 Å². The maximum Gasteiger partial charge on any atom is 0.243 e. The molecule has 0 unspecified atom stereocenters. The molecule has 1 aromatic rings. The van der Waals surface area contributed by atoms with Gasteiger partial charge in [0, 0.05) is 17.3 Å². The monoisotopic (exact) mass is 267 g/mol. The van der Waals surface area contributed by atoms with E-state index in [2.05, 4.69) is 6.07 Å². The Hall–Kier alpha value is -1.45. The van der Waals surface area contributed by atoms with E-state index >= 15 is 0 Å². The van der Waals surface area contributed by atoms with Crippen molar-refractivity contribution in [1.82, 2.24) is 4.90 Å². The second-order valence-corrected chi connectivity index (χ2v) is 5.32. The third-order valence-corrected chi connectivity index (χ3v) is 4.20. The molecule has 0 saturated carbocycles. The molecule has 0 aromatic carbocycles. The van der Waals surface area contributed by atoms with Crippen LogP contribution in [0.4, 0.5) is 4.39 Å². The summed E-state index contributed by atoms with van der Waals surface area (Å²) < 4.78 is 12.4. The van der Waals surface area contributed by atoms with Crippen LogP contribution >= 0.6 is 11.3 Å². The van der Waals surface area contributed by atoms with E-state index in [1.54, 1.807) is 11.3 Å². The van der Waals surface area contributed by atoms with Crippen LogP contribution in [0.1, 0.15) is 17.2 Å². The Morgan fingerprint density at radius 3 is 3.11 bits per heavy atom. The normalized spacial score (nSPS) is 24.8. The number of nitriles is 1. The number of carbonyl (C=O) groups is 1.